The molecular formula is C21H26BN3O5. The smallest absolute Gasteiger partial charge is 0.475 e. The number of aromatic nitrogens is 2. The standard InChI is InChI=1S/C21H26BN3O5/c1-4-8-16(5-2)21-24-19(25-30-21)11-12-20(26)23-18(22(27)28)14-15-9-7-10-17(13-15)29-6-3/h4-5,7-10,13,18,27-28H,1-2,6,11-12,14H2,3H3,(H,23,26)/b16-8+. The van der Waals surface area contributed by atoms with Gasteiger partial charge in [0, 0.05) is 18.4 Å². The molecule has 1 amide bonds. The number of hydrogen-bond donors (Lipinski definition) is 3. The second-order valence-corrected chi connectivity index (χ2v) is 6.45. The van der Waals surface area contributed by atoms with Gasteiger partial charge in [0.15, 0.2) is 5.82 Å². The Bertz CT molecular complexity index is 894. The van der Waals surface area contributed by atoms with Gasteiger partial charge in [0.25, 0.3) is 5.89 Å². The number of rotatable bonds is 12. The minimum atomic E-state index is -1.71. The number of amides is 1. The Kier molecular flexibility index (Phi) is 9.05. The van der Waals surface area contributed by atoms with Gasteiger partial charge in [0.2, 0.25) is 5.91 Å². The van der Waals surface area contributed by atoms with Crippen LogP contribution >= 0.6 is 0 Å². The molecule has 1 aromatic carbocycles. The fraction of sp³-hybridized carbons (Fsp3) is 0.286. The van der Waals surface area contributed by atoms with Gasteiger partial charge >= 0.3 is 7.12 Å². The highest BCUT2D eigenvalue weighted by molar-refractivity contribution is 6.43. The van der Waals surface area contributed by atoms with E-state index in [4.69, 9.17) is 9.26 Å². The molecule has 1 heterocycles. The molecule has 0 saturated carbocycles. The average molecular weight is 411 g/mol. The van der Waals surface area contributed by atoms with Crippen LogP contribution in [0, 0.1) is 0 Å². The van der Waals surface area contributed by atoms with E-state index in [1.165, 1.54) is 0 Å². The molecule has 0 spiro atoms. The number of aryl methyl sites for hydroxylation is 1. The van der Waals surface area contributed by atoms with Crippen molar-refractivity contribution in [1.29, 1.82) is 0 Å². The Morgan fingerprint density at radius 1 is 1.40 bits per heavy atom. The number of benzene rings is 1. The van der Waals surface area contributed by atoms with Gasteiger partial charge in [-0.25, -0.2) is 0 Å². The highest BCUT2D eigenvalue weighted by atomic mass is 16.5. The molecule has 0 bridgehead atoms. The molecule has 30 heavy (non-hydrogen) atoms. The molecule has 0 saturated heterocycles. The van der Waals surface area contributed by atoms with Gasteiger partial charge in [0.05, 0.1) is 12.5 Å². The molecule has 1 atom stereocenters. The summed E-state index contributed by atoms with van der Waals surface area (Å²) in [4.78, 5) is 16.5. The highest BCUT2D eigenvalue weighted by Gasteiger charge is 2.26. The zero-order chi connectivity index (χ0) is 21.9. The summed E-state index contributed by atoms with van der Waals surface area (Å²) >= 11 is 0. The molecule has 2 aromatic rings. The number of hydrogen-bond acceptors (Lipinski definition) is 7. The Labute approximate surface area is 176 Å². The lowest BCUT2D eigenvalue weighted by molar-refractivity contribution is -0.121. The van der Waals surface area contributed by atoms with Crippen molar-refractivity contribution < 1.29 is 24.1 Å². The normalized spacial score (nSPS) is 12.2. The molecule has 0 fully saturated rings. The van der Waals surface area contributed by atoms with Crippen molar-refractivity contribution in [3.05, 3.63) is 72.9 Å². The van der Waals surface area contributed by atoms with Crippen LogP contribution in [-0.4, -0.2) is 45.8 Å². The predicted molar refractivity (Wildman–Crippen MR) is 114 cm³/mol. The van der Waals surface area contributed by atoms with Crippen LogP contribution in [0.25, 0.3) is 5.57 Å². The number of carbonyl (C=O) groups is 1. The summed E-state index contributed by atoms with van der Waals surface area (Å²) in [5, 5.41) is 25.8. The van der Waals surface area contributed by atoms with Crippen LogP contribution in [0.2, 0.25) is 0 Å². The first-order valence-electron chi connectivity index (χ1n) is 9.62. The monoisotopic (exact) mass is 411 g/mol. The summed E-state index contributed by atoms with van der Waals surface area (Å²) in [7, 11) is -1.71. The van der Waals surface area contributed by atoms with Crippen LogP contribution in [-0.2, 0) is 17.6 Å². The molecule has 8 nitrogen and oxygen atoms in total. The lowest BCUT2D eigenvalue weighted by atomic mass is 9.76. The van der Waals surface area contributed by atoms with E-state index in [-0.39, 0.29) is 31.1 Å². The first-order valence-corrected chi connectivity index (χ1v) is 9.62. The van der Waals surface area contributed by atoms with Crippen molar-refractivity contribution >= 4 is 18.6 Å². The van der Waals surface area contributed by atoms with E-state index in [0.717, 1.165) is 5.56 Å². The Morgan fingerprint density at radius 2 is 2.20 bits per heavy atom. The zero-order valence-corrected chi connectivity index (χ0v) is 17.0. The van der Waals surface area contributed by atoms with Crippen LogP contribution in [0.3, 0.4) is 0 Å². The molecule has 158 valence electrons. The molecule has 3 N–H and O–H groups in total. The lowest BCUT2D eigenvalue weighted by Gasteiger charge is -2.18. The summed E-state index contributed by atoms with van der Waals surface area (Å²) in [5.74, 6) is 0.120. The molecule has 0 aliphatic carbocycles. The molecule has 9 heteroatoms. The van der Waals surface area contributed by atoms with Crippen molar-refractivity contribution in [1.82, 2.24) is 15.5 Å². The van der Waals surface area contributed by atoms with Gasteiger partial charge in [-0.3, -0.25) is 4.79 Å². The minimum Gasteiger partial charge on any atom is -0.494 e. The molecule has 1 unspecified atom stereocenters. The number of ether oxygens (including phenoxy) is 1. The summed E-state index contributed by atoms with van der Waals surface area (Å²) in [6.45, 7) is 9.70. The van der Waals surface area contributed by atoms with E-state index in [1.807, 2.05) is 25.1 Å². The average Bonchev–Trinajstić information content (AvgIpc) is 3.19. The van der Waals surface area contributed by atoms with Crippen molar-refractivity contribution in [3.63, 3.8) is 0 Å². The quantitative estimate of drug-likeness (QED) is 0.361. The fourth-order valence-electron chi connectivity index (χ4n) is 2.74. The van der Waals surface area contributed by atoms with Crippen LogP contribution in [0.1, 0.15) is 30.6 Å². The van der Waals surface area contributed by atoms with Gasteiger partial charge in [-0.15, -0.1) is 0 Å². The highest BCUT2D eigenvalue weighted by Crippen LogP contribution is 2.16. The van der Waals surface area contributed by atoms with Crippen molar-refractivity contribution in [2.45, 2.75) is 32.1 Å². The lowest BCUT2D eigenvalue weighted by Crippen LogP contribution is -2.48. The zero-order valence-electron chi connectivity index (χ0n) is 17.0. The van der Waals surface area contributed by atoms with Gasteiger partial charge in [0.1, 0.15) is 5.75 Å². The molecule has 0 radical (unpaired) electrons. The Morgan fingerprint density at radius 3 is 2.87 bits per heavy atom. The van der Waals surface area contributed by atoms with Crippen molar-refractivity contribution in [2.75, 3.05) is 6.61 Å². The van der Waals surface area contributed by atoms with Crippen molar-refractivity contribution in [2.24, 2.45) is 0 Å². The molecule has 1 aromatic heterocycles. The molecule has 0 aliphatic heterocycles. The summed E-state index contributed by atoms with van der Waals surface area (Å²) in [5.41, 5.74) is 1.44. The SMILES string of the molecule is C=C/C=C(\C=C)c1nc(CCC(=O)NC(Cc2cccc(OCC)c2)B(O)O)no1. The second kappa shape index (κ2) is 11.7. The Hall–Kier alpha value is -3.17. The third-order valence-corrected chi connectivity index (χ3v) is 4.18. The minimum absolute atomic E-state index is 0.0653. The number of carbonyl (C=O) groups excluding carboxylic acids is 1. The van der Waals surface area contributed by atoms with E-state index >= 15 is 0 Å². The predicted octanol–water partition coefficient (Wildman–Crippen LogP) is 1.90. The molecule has 0 aliphatic rings. The van der Waals surface area contributed by atoms with Crippen LogP contribution < -0.4 is 10.1 Å². The van der Waals surface area contributed by atoms with Gasteiger partial charge in [-0.1, -0.05) is 48.7 Å². The van der Waals surface area contributed by atoms with E-state index in [9.17, 15) is 14.8 Å². The first kappa shape index (κ1) is 23.1. The second-order valence-electron chi connectivity index (χ2n) is 6.45. The number of nitrogens with zero attached hydrogens (tertiary/aromatic N) is 2. The van der Waals surface area contributed by atoms with E-state index in [0.29, 0.717) is 23.8 Å². The number of nitrogens with one attached hydrogen (secondary N) is 1. The van der Waals surface area contributed by atoms with Gasteiger partial charge in [-0.2, -0.15) is 4.98 Å². The van der Waals surface area contributed by atoms with E-state index in [1.54, 1.807) is 24.3 Å². The molecular weight excluding hydrogens is 385 g/mol. The summed E-state index contributed by atoms with van der Waals surface area (Å²) in [6, 6.07) is 7.27. The van der Waals surface area contributed by atoms with Gasteiger partial charge < -0.3 is 24.6 Å². The number of allylic oxidation sites excluding steroid dienone is 4. The third-order valence-electron chi connectivity index (χ3n) is 4.18. The fourth-order valence-corrected chi connectivity index (χ4v) is 2.74. The maximum atomic E-state index is 12.3. The summed E-state index contributed by atoms with van der Waals surface area (Å²) < 4.78 is 10.6. The van der Waals surface area contributed by atoms with Crippen molar-refractivity contribution in [3.8, 4) is 5.75 Å². The molecule has 2 rings (SSSR count). The summed E-state index contributed by atoms with van der Waals surface area (Å²) in [6.07, 6.45) is 5.38. The van der Waals surface area contributed by atoms with Gasteiger partial charge in [-0.05, 0) is 31.0 Å². The maximum absolute atomic E-state index is 12.3. The van der Waals surface area contributed by atoms with Crippen LogP contribution in [0.15, 0.2) is 60.2 Å². The maximum Gasteiger partial charge on any atom is 0.475 e. The largest absolute Gasteiger partial charge is 0.494 e. The van der Waals surface area contributed by atoms with Crippen LogP contribution in [0.5, 0.6) is 5.75 Å². The van der Waals surface area contributed by atoms with Crippen LogP contribution in [0.4, 0.5) is 0 Å². The third kappa shape index (κ3) is 7.02. The first-order chi connectivity index (χ1) is 14.5. The van der Waals surface area contributed by atoms with E-state index < -0.39 is 13.1 Å². The Balaban J connectivity index is 1.94. The van der Waals surface area contributed by atoms with E-state index in [2.05, 4.69) is 28.6 Å². The topological polar surface area (TPSA) is 118 Å².